The first-order valence-corrected chi connectivity index (χ1v) is 9.21. The predicted octanol–water partition coefficient (Wildman–Crippen LogP) is 1.50. The SMILES string of the molecule is CN(C)C[C@@H]1CC[C@@]2(COCCN(C(=O)c3cc(C4CC4)on3)C2)O1. The third kappa shape index (κ3) is 3.73. The molecule has 3 heterocycles. The van der Waals surface area contributed by atoms with Gasteiger partial charge in [-0.15, -0.1) is 0 Å². The molecule has 1 aliphatic carbocycles. The maximum atomic E-state index is 12.9. The molecule has 138 valence electrons. The van der Waals surface area contributed by atoms with E-state index in [1.54, 1.807) is 0 Å². The Morgan fingerprint density at radius 2 is 2.24 bits per heavy atom. The van der Waals surface area contributed by atoms with Gasteiger partial charge < -0.3 is 23.8 Å². The molecule has 1 spiro atoms. The van der Waals surface area contributed by atoms with Crippen LogP contribution >= 0.6 is 0 Å². The summed E-state index contributed by atoms with van der Waals surface area (Å²) in [4.78, 5) is 16.8. The molecule has 2 aliphatic heterocycles. The maximum absolute atomic E-state index is 12.9. The largest absolute Gasteiger partial charge is 0.377 e. The summed E-state index contributed by atoms with van der Waals surface area (Å²) >= 11 is 0. The molecule has 4 rings (SSSR count). The van der Waals surface area contributed by atoms with Crippen molar-refractivity contribution in [3.05, 3.63) is 17.5 Å². The van der Waals surface area contributed by atoms with Crippen molar-refractivity contribution in [1.82, 2.24) is 15.0 Å². The molecule has 1 aromatic heterocycles. The Labute approximate surface area is 148 Å². The van der Waals surface area contributed by atoms with Crippen LogP contribution < -0.4 is 0 Å². The average Bonchev–Trinajstić information content (AvgIpc) is 3.24. The number of hydrogen-bond donors (Lipinski definition) is 0. The maximum Gasteiger partial charge on any atom is 0.276 e. The van der Waals surface area contributed by atoms with E-state index in [1.165, 1.54) is 0 Å². The number of aromatic nitrogens is 1. The summed E-state index contributed by atoms with van der Waals surface area (Å²) in [6.07, 6.45) is 4.37. The van der Waals surface area contributed by atoms with Crippen molar-refractivity contribution in [3.63, 3.8) is 0 Å². The zero-order valence-electron chi connectivity index (χ0n) is 15.1. The van der Waals surface area contributed by atoms with E-state index in [-0.39, 0.29) is 12.0 Å². The zero-order chi connectivity index (χ0) is 17.4. The van der Waals surface area contributed by atoms with E-state index in [0.29, 0.717) is 37.9 Å². The molecule has 1 saturated carbocycles. The lowest BCUT2D eigenvalue weighted by atomic mass is 10.00. The molecule has 1 aromatic rings. The van der Waals surface area contributed by atoms with Crippen LogP contribution in [0.3, 0.4) is 0 Å². The summed E-state index contributed by atoms with van der Waals surface area (Å²) in [5.74, 6) is 1.21. The lowest BCUT2D eigenvalue weighted by Crippen LogP contribution is -2.47. The molecule has 0 unspecified atom stereocenters. The summed E-state index contributed by atoms with van der Waals surface area (Å²) in [5, 5.41) is 4.00. The highest BCUT2D eigenvalue weighted by atomic mass is 16.6. The molecule has 0 N–H and O–H groups in total. The van der Waals surface area contributed by atoms with Crippen LogP contribution in [0, 0.1) is 0 Å². The first-order valence-electron chi connectivity index (χ1n) is 9.21. The molecule has 3 aliphatic rings. The minimum atomic E-state index is -0.393. The molecular formula is C18H27N3O4. The van der Waals surface area contributed by atoms with Crippen LogP contribution in [-0.2, 0) is 9.47 Å². The van der Waals surface area contributed by atoms with Gasteiger partial charge in [0.2, 0.25) is 0 Å². The standard InChI is InChI=1S/C18H27N3O4/c1-20(2)10-14-5-6-18(24-14)11-21(7-8-23-12-18)17(22)15-9-16(25-19-15)13-3-4-13/h9,13-14H,3-8,10-12H2,1-2H3/t14-,18+/m0/s1. The van der Waals surface area contributed by atoms with Crippen molar-refractivity contribution in [1.29, 1.82) is 0 Å². The van der Waals surface area contributed by atoms with Gasteiger partial charge in [-0.2, -0.15) is 0 Å². The van der Waals surface area contributed by atoms with Crippen molar-refractivity contribution in [2.24, 2.45) is 0 Å². The minimum Gasteiger partial charge on any atom is -0.377 e. The van der Waals surface area contributed by atoms with Crippen LogP contribution in [0.5, 0.6) is 0 Å². The summed E-state index contributed by atoms with van der Waals surface area (Å²) in [7, 11) is 4.10. The van der Waals surface area contributed by atoms with Crippen LogP contribution in [0.25, 0.3) is 0 Å². The molecule has 0 aromatic carbocycles. The minimum absolute atomic E-state index is 0.0832. The van der Waals surface area contributed by atoms with Gasteiger partial charge in [-0.3, -0.25) is 4.79 Å². The molecule has 25 heavy (non-hydrogen) atoms. The van der Waals surface area contributed by atoms with Crippen molar-refractivity contribution < 1.29 is 18.8 Å². The van der Waals surface area contributed by atoms with Crippen molar-refractivity contribution in [2.75, 3.05) is 46.9 Å². The average molecular weight is 349 g/mol. The van der Waals surface area contributed by atoms with E-state index in [9.17, 15) is 4.79 Å². The second-order valence-corrected chi connectivity index (χ2v) is 7.89. The summed E-state index contributed by atoms with van der Waals surface area (Å²) in [6, 6.07) is 1.81. The second kappa shape index (κ2) is 6.70. The number of carbonyl (C=O) groups is 1. The molecule has 3 fully saturated rings. The number of amides is 1. The first kappa shape index (κ1) is 17.0. The first-order chi connectivity index (χ1) is 12.0. The Balaban J connectivity index is 1.45. The normalized spacial score (nSPS) is 30.2. The van der Waals surface area contributed by atoms with Gasteiger partial charge in [-0.1, -0.05) is 5.16 Å². The van der Waals surface area contributed by atoms with Crippen LogP contribution in [0.15, 0.2) is 10.6 Å². The monoisotopic (exact) mass is 349 g/mol. The van der Waals surface area contributed by atoms with E-state index in [4.69, 9.17) is 14.0 Å². The second-order valence-electron chi connectivity index (χ2n) is 7.89. The summed E-state index contributed by atoms with van der Waals surface area (Å²) in [6.45, 7) is 3.09. The van der Waals surface area contributed by atoms with Crippen LogP contribution in [0.1, 0.15) is 47.8 Å². The Bertz CT molecular complexity index is 628. The van der Waals surface area contributed by atoms with Crippen molar-refractivity contribution >= 4 is 5.91 Å². The van der Waals surface area contributed by atoms with E-state index in [2.05, 4.69) is 24.2 Å². The Kier molecular flexibility index (Phi) is 4.56. The molecule has 0 bridgehead atoms. The molecule has 7 heteroatoms. The van der Waals surface area contributed by atoms with E-state index in [0.717, 1.165) is 38.0 Å². The quantitative estimate of drug-likeness (QED) is 0.821. The summed E-state index contributed by atoms with van der Waals surface area (Å²) < 4.78 is 17.5. The topological polar surface area (TPSA) is 68.0 Å². The Hall–Kier alpha value is -1.44. The third-order valence-corrected chi connectivity index (χ3v) is 5.27. The van der Waals surface area contributed by atoms with Crippen LogP contribution in [-0.4, -0.2) is 79.5 Å². The molecule has 2 atom stereocenters. The van der Waals surface area contributed by atoms with Crippen molar-refractivity contribution in [3.8, 4) is 0 Å². The summed E-state index contributed by atoms with van der Waals surface area (Å²) in [5.41, 5.74) is 0.0115. The van der Waals surface area contributed by atoms with Gasteiger partial charge in [0.25, 0.3) is 5.91 Å². The molecule has 7 nitrogen and oxygen atoms in total. The van der Waals surface area contributed by atoms with Crippen LogP contribution in [0.4, 0.5) is 0 Å². The molecule has 1 amide bonds. The predicted molar refractivity (Wildman–Crippen MR) is 90.6 cm³/mol. The Morgan fingerprint density at radius 3 is 3.00 bits per heavy atom. The highest BCUT2D eigenvalue weighted by molar-refractivity contribution is 5.92. The molecule has 2 saturated heterocycles. The lowest BCUT2D eigenvalue weighted by Gasteiger charge is -2.32. The number of ether oxygens (including phenoxy) is 2. The Morgan fingerprint density at radius 1 is 1.40 bits per heavy atom. The van der Waals surface area contributed by atoms with E-state index in [1.807, 2.05) is 11.0 Å². The van der Waals surface area contributed by atoms with Gasteiger partial charge in [-0.25, -0.2) is 0 Å². The van der Waals surface area contributed by atoms with Gasteiger partial charge in [-0.05, 0) is 39.8 Å². The number of nitrogens with zero attached hydrogens (tertiary/aromatic N) is 3. The fraction of sp³-hybridized carbons (Fsp3) is 0.778. The third-order valence-electron chi connectivity index (χ3n) is 5.27. The van der Waals surface area contributed by atoms with Crippen molar-refractivity contribution in [2.45, 2.75) is 43.3 Å². The number of likely N-dealkylation sites (N-methyl/N-ethyl adjacent to an activating group) is 1. The van der Waals surface area contributed by atoms with Gasteiger partial charge in [0, 0.05) is 25.1 Å². The van der Waals surface area contributed by atoms with Gasteiger partial charge >= 0.3 is 0 Å². The molecular weight excluding hydrogens is 322 g/mol. The number of hydrogen-bond acceptors (Lipinski definition) is 6. The smallest absolute Gasteiger partial charge is 0.276 e. The van der Waals surface area contributed by atoms with E-state index >= 15 is 0 Å². The van der Waals surface area contributed by atoms with Gasteiger partial charge in [0.1, 0.15) is 11.4 Å². The number of rotatable bonds is 4. The number of carbonyl (C=O) groups excluding carboxylic acids is 1. The van der Waals surface area contributed by atoms with Gasteiger partial charge in [0.15, 0.2) is 5.69 Å². The zero-order valence-corrected chi connectivity index (χ0v) is 15.1. The molecule has 0 radical (unpaired) electrons. The lowest BCUT2D eigenvalue weighted by molar-refractivity contribution is -0.0878. The fourth-order valence-electron chi connectivity index (χ4n) is 3.84. The van der Waals surface area contributed by atoms with Gasteiger partial charge in [0.05, 0.1) is 25.9 Å². The highest BCUT2D eigenvalue weighted by Crippen LogP contribution is 2.40. The van der Waals surface area contributed by atoms with Crippen LogP contribution in [0.2, 0.25) is 0 Å². The fourth-order valence-corrected chi connectivity index (χ4v) is 3.84. The van der Waals surface area contributed by atoms with E-state index < -0.39 is 5.60 Å². The highest BCUT2D eigenvalue weighted by Gasteiger charge is 2.44.